The van der Waals surface area contributed by atoms with Gasteiger partial charge >= 0.3 is 0 Å². The molecule has 0 radical (unpaired) electrons. The first-order valence-electron chi connectivity index (χ1n) is 10.9. The van der Waals surface area contributed by atoms with E-state index in [9.17, 15) is 9.59 Å². The van der Waals surface area contributed by atoms with Crippen molar-refractivity contribution in [1.29, 1.82) is 0 Å². The maximum Gasteiger partial charge on any atom is 0.237 e. The van der Waals surface area contributed by atoms with Crippen molar-refractivity contribution >= 4 is 17.9 Å². The van der Waals surface area contributed by atoms with Gasteiger partial charge < -0.3 is 19.7 Å². The summed E-state index contributed by atoms with van der Waals surface area (Å²) in [6.45, 7) is 6.61. The van der Waals surface area contributed by atoms with Crippen LogP contribution in [-0.4, -0.2) is 106 Å². The van der Waals surface area contributed by atoms with Gasteiger partial charge in [-0.3, -0.25) is 19.4 Å². The fraction of sp³-hybridized carbons (Fsp3) is 0.565. The third kappa shape index (κ3) is 6.53. The summed E-state index contributed by atoms with van der Waals surface area (Å²) >= 11 is 0. The molecule has 2 saturated heterocycles. The van der Waals surface area contributed by atoms with Gasteiger partial charge in [0.15, 0.2) is 0 Å². The van der Waals surface area contributed by atoms with Crippen molar-refractivity contribution in [1.82, 2.24) is 20.0 Å². The van der Waals surface area contributed by atoms with Gasteiger partial charge in [0.25, 0.3) is 0 Å². The summed E-state index contributed by atoms with van der Waals surface area (Å²) in [4.78, 5) is 31.7. The van der Waals surface area contributed by atoms with Crippen LogP contribution in [0.4, 0.5) is 0 Å². The number of piperazine rings is 2. The smallest absolute Gasteiger partial charge is 0.237 e. The van der Waals surface area contributed by atoms with Crippen molar-refractivity contribution in [3.8, 4) is 5.75 Å². The lowest BCUT2D eigenvalue weighted by molar-refractivity contribution is -0.139. The minimum absolute atomic E-state index is 0.0483. The molecule has 2 aliphatic rings. The van der Waals surface area contributed by atoms with Crippen molar-refractivity contribution in [2.45, 2.75) is 12.5 Å². The first kappa shape index (κ1) is 23.2. The summed E-state index contributed by atoms with van der Waals surface area (Å²) in [5.74, 6) is 0.794. The van der Waals surface area contributed by atoms with E-state index in [1.807, 2.05) is 41.3 Å². The van der Waals surface area contributed by atoms with Gasteiger partial charge in [-0.1, -0.05) is 30.4 Å². The molecule has 0 unspecified atom stereocenters. The van der Waals surface area contributed by atoms with Crippen LogP contribution in [0.15, 0.2) is 30.3 Å². The maximum atomic E-state index is 12.9. The predicted molar refractivity (Wildman–Crippen MR) is 120 cm³/mol. The van der Waals surface area contributed by atoms with Crippen LogP contribution in [0.5, 0.6) is 5.75 Å². The van der Waals surface area contributed by atoms with Crippen molar-refractivity contribution in [3.05, 3.63) is 35.9 Å². The van der Waals surface area contributed by atoms with E-state index in [1.165, 1.54) is 0 Å². The van der Waals surface area contributed by atoms with E-state index in [4.69, 9.17) is 9.47 Å². The Balaban J connectivity index is 1.55. The maximum absolute atomic E-state index is 12.9. The molecule has 0 aromatic heterocycles. The van der Waals surface area contributed by atoms with E-state index in [-0.39, 0.29) is 18.2 Å². The highest BCUT2D eigenvalue weighted by Crippen LogP contribution is 2.19. The number of para-hydroxylation sites is 1. The predicted octanol–water partition coefficient (Wildman–Crippen LogP) is 0.690. The summed E-state index contributed by atoms with van der Waals surface area (Å²) in [6.07, 6.45) is 4.25. The normalized spacial score (nSPS) is 20.8. The van der Waals surface area contributed by atoms with E-state index in [0.717, 1.165) is 37.5 Å². The molecule has 0 spiro atoms. The third-order valence-electron chi connectivity index (χ3n) is 5.92. The summed E-state index contributed by atoms with van der Waals surface area (Å²) in [6, 6.07) is 7.38. The van der Waals surface area contributed by atoms with Gasteiger partial charge in [-0.2, -0.15) is 0 Å². The van der Waals surface area contributed by atoms with Gasteiger partial charge in [0.05, 0.1) is 26.2 Å². The fourth-order valence-electron chi connectivity index (χ4n) is 4.06. The quantitative estimate of drug-likeness (QED) is 0.622. The Labute approximate surface area is 184 Å². The van der Waals surface area contributed by atoms with Crippen molar-refractivity contribution in [2.75, 3.05) is 73.2 Å². The molecule has 1 aromatic carbocycles. The molecule has 8 heteroatoms. The van der Waals surface area contributed by atoms with Gasteiger partial charge in [-0.15, -0.1) is 0 Å². The number of benzene rings is 1. The monoisotopic (exact) mass is 430 g/mol. The zero-order chi connectivity index (χ0) is 22.1. The Kier molecular flexibility index (Phi) is 8.87. The van der Waals surface area contributed by atoms with Crippen LogP contribution in [0, 0.1) is 0 Å². The number of nitrogens with one attached hydrogen (secondary N) is 1. The Bertz CT molecular complexity index is 762. The summed E-state index contributed by atoms with van der Waals surface area (Å²) < 4.78 is 10.5. The molecule has 2 fully saturated rings. The number of nitrogens with zero attached hydrogens (tertiary/aromatic N) is 3. The van der Waals surface area contributed by atoms with E-state index >= 15 is 0 Å². The first-order chi connectivity index (χ1) is 15.1. The lowest BCUT2D eigenvalue weighted by Crippen LogP contribution is -2.57. The van der Waals surface area contributed by atoms with Crippen LogP contribution in [0.2, 0.25) is 0 Å². The Morgan fingerprint density at radius 1 is 1.16 bits per heavy atom. The molecule has 8 nitrogen and oxygen atoms in total. The van der Waals surface area contributed by atoms with Gasteiger partial charge in [0.2, 0.25) is 11.8 Å². The Morgan fingerprint density at radius 3 is 2.68 bits per heavy atom. The van der Waals surface area contributed by atoms with E-state index in [2.05, 4.69) is 15.1 Å². The van der Waals surface area contributed by atoms with Crippen molar-refractivity contribution in [3.63, 3.8) is 0 Å². The van der Waals surface area contributed by atoms with Crippen LogP contribution in [0.25, 0.3) is 6.08 Å². The minimum Gasteiger partial charge on any atom is -0.496 e. The molecule has 2 amide bonds. The molecule has 3 rings (SSSR count). The summed E-state index contributed by atoms with van der Waals surface area (Å²) in [5, 5.41) is 2.91. The summed E-state index contributed by atoms with van der Waals surface area (Å²) in [7, 11) is 3.35. The Hall–Kier alpha value is -2.42. The van der Waals surface area contributed by atoms with Gasteiger partial charge in [0, 0.05) is 65.0 Å². The average molecular weight is 431 g/mol. The fourth-order valence-corrected chi connectivity index (χ4v) is 4.06. The Morgan fingerprint density at radius 2 is 1.94 bits per heavy atom. The zero-order valence-electron chi connectivity index (χ0n) is 18.6. The van der Waals surface area contributed by atoms with Gasteiger partial charge in [-0.05, 0) is 6.07 Å². The molecule has 1 atom stereocenters. The van der Waals surface area contributed by atoms with Crippen molar-refractivity contribution < 1.29 is 19.1 Å². The van der Waals surface area contributed by atoms with Crippen LogP contribution in [0.1, 0.15) is 12.0 Å². The van der Waals surface area contributed by atoms with Crippen molar-refractivity contribution in [2.24, 2.45) is 0 Å². The highest BCUT2D eigenvalue weighted by molar-refractivity contribution is 5.89. The molecular formula is C23H34N4O4. The third-order valence-corrected chi connectivity index (χ3v) is 5.92. The van der Waals surface area contributed by atoms with Crippen LogP contribution in [0.3, 0.4) is 0 Å². The highest BCUT2D eigenvalue weighted by Gasteiger charge is 2.33. The SMILES string of the molecule is COCCN1CCN(C(=O)C[C@@H]2C(=O)NCCN2C/C=C/c2ccccc2OC)CC1. The molecule has 0 aliphatic carbocycles. The van der Waals surface area contributed by atoms with Gasteiger partial charge in [0.1, 0.15) is 5.75 Å². The molecule has 1 N–H and O–H groups in total. The second-order valence-corrected chi connectivity index (χ2v) is 7.87. The second-order valence-electron chi connectivity index (χ2n) is 7.87. The molecular weight excluding hydrogens is 396 g/mol. The van der Waals surface area contributed by atoms with Crippen LogP contribution >= 0.6 is 0 Å². The number of carbonyl (C=O) groups excluding carboxylic acids is 2. The number of hydrogen-bond acceptors (Lipinski definition) is 6. The number of hydrogen-bond donors (Lipinski definition) is 1. The van der Waals surface area contributed by atoms with E-state index < -0.39 is 6.04 Å². The molecule has 31 heavy (non-hydrogen) atoms. The molecule has 2 heterocycles. The lowest BCUT2D eigenvalue weighted by Gasteiger charge is -2.37. The first-order valence-corrected chi connectivity index (χ1v) is 10.9. The van der Waals surface area contributed by atoms with E-state index in [0.29, 0.717) is 32.8 Å². The number of methoxy groups -OCH3 is 2. The number of rotatable bonds is 9. The summed E-state index contributed by atoms with van der Waals surface area (Å²) in [5.41, 5.74) is 0.991. The van der Waals surface area contributed by atoms with E-state index in [1.54, 1.807) is 14.2 Å². The number of amides is 2. The van der Waals surface area contributed by atoms with Gasteiger partial charge in [-0.25, -0.2) is 0 Å². The number of carbonyl (C=O) groups is 2. The number of ether oxygens (including phenoxy) is 2. The highest BCUT2D eigenvalue weighted by atomic mass is 16.5. The minimum atomic E-state index is -0.435. The largest absolute Gasteiger partial charge is 0.496 e. The van der Waals surface area contributed by atoms with Crippen LogP contribution in [-0.2, 0) is 14.3 Å². The zero-order valence-corrected chi connectivity index (χ0v) is 18.6. The molecule has 170 valence electrons. The second kappa shape index (κ2) is 11.8. The average Bonchev–Trinajstić information content (AvgIpc) is 2.80. The lowest BCUT2D eigenvalue weighted by atomic mass is 10.1. The standard InChI is InChI=1S/C23H34N4O4/c1-30-17-16-25-12-14-27(15-13-25)22(28)18-20-23(29)24-9-11-26(20)10-5-7-19-6-3-4-8-21(19)31-2/h3-8,20H,9-18H2,1-2H3,(H,24,29)/b7-5+/t20-/m1/s1. The molecule has 0 saturated carbocycles. The molecule has 2 aliphatic heterocycles. The topological polar surface area (TPSA) is 74.4 Å². The molecule has 0 bridgehead atoms. The van der Waals surface area contributed by atoms with Crippen LogP contribution < -0.4 is 10.1 Å². The molecule has 1 aromatic rings.